The quantitative estimate of drug-likeness (QED) is 0.663. The number of aliphatic carboxylic acids is 2. The van der Waals surface area contributed by atoms with E-state index in [0.717, 1.165) is 5.57 Å². The van der Waals surface area contributed by atoms with Crippen LogP contribution in [-0.2, 0) is 9.59 Å². The second kappa shape index (κ2) is 5.42. The topological polar surface area (TPSA) is 74.6 Å². The average molecular weight is 200 g/mol. The molecule has 0 spiro atoms. The van der Waals surface area contributed by atoms with Gasteiger partial charge in [0.1, 0.15) is 0 Å². The van der Waals surface area contributed by atoms with Gasteiger partial charge in [-0.15, -0.1) is 0 Å². The third kappa shape index (κ3) is 4.64. The number of allylic oxidation sites excluding steroid dienone is 2. The van der Waals surface area contributed by atoms with Gasteiger partial charge >= 0.3 is 11.9 Å². The molecule has 0 saturated carbocycles. The van der Waals surface area contributed by atoms with Gasteiger partial charge in [0.2, 0.25) is 0 Å². The molecular formula is C10H16O4. The minimum atomic E-state index is -1.08. The molecule has 0 heterocycles. The van der Waals surface area contributed by atoms with Gasteiger partial charge < -0.3 is 10.2 Å². The molecule has 4 heteroatoms. The summed E-state index contributed by atoms with van der Waals surface area (Å²) in [6.45, 7) is 5.43. The van der Waals surface area contributed by atoms with E-state index >= 15 is 0 Å². The van der Waals surface area contributed by atoms with Crippen LogP contribution in [0.25, 0.3) is 0 Å². The van der Waals surface area contributed by atoms with Crippen molar-refractivity contribution in [1.82, 2.24) is 0 Å². The van der Waals surface area contributed by atoms with E-state index in [1.807, 2.05) is 13.8 Å². The van der Waals surface area contributed by atoms with Gasteiger partial charge in [-0.25, -0.2) is 0 Å². The standard InChI is InChI=1S/C10H16O4/c1-6(2)4-7(3)8(10(13)14)5-9(11)12/h4,7-8H,5H2,1-3H3,(H,11,12)(H,13,14)/t7?,8-/m1/s1. The molecule has 1 unspecified atom stereocenters. The SMILES string of the molecule is CC(C)=CC(C)[C@@H](CC(=O)O)C(=O)O. The van der Waals surface area contributed by atoms with Crippen molar-refractivity contribution in [3.63, 3.8) is 0 Å². The molecule has 0 aliphatic heterocycles. The van der Waals surface area contributed by atoms with E-state index in [1.54, 1.807) is 13.0 Å². The first-order chi connectivity index (χ1) is 6.34. The Morgan fingerprint density at radius 1 is 1.29 bits per heavy atom. The zero-order valence-electron chi connectivity index (χ0n) is 8.65. The Balaban J connectivity index is 4.57. The summed E-state index contributed by atoms with van der Waals surface area (Å²) in [4.78, 5) is 21.2. The van der Waals surface area contributed by atoms with Crippen LogP contribution in [0.3, 0.4) is 0 Å². The number of hydrogen-bond donors (Lipinski definition) is 2. The van der Waals surface area contributed by atoms with Crippen LogP contribution in [0.15, 0.2) is 11.6 Å². The Morgan fingerprint density at radius 2 is 1.79 bits per heavy atom. The predicted octanol–water partition coefficient (Wildman–Crippen LogP) is 1.76. The number of carboxylic acid groups (broad SMARTS) is 2. The van der Waals surface area contributed by atoms with Crippen LogP contribution < -0.4 is 0 Å². The lowest BCUT2D eigenvalue weighted by atomic mass is 9.90. The summed E-state index contributed by atoms with van der Waals surface area (Å²) in [6, 6.07) is 0. The predicted molar refractivity (Wildman–Crippen MR) is 52.0 cm³/mol. The summed E-state index contributed by atoms with van der Waals surface area (Å²) < 4.78 is 0. The second-order valence-corrected chi connectivity index (χ2v) is 3.65. The lowest BCUT2D eigenvalue weighted by Gasteiger charge is -2.15. The Morgan fingerprint density at radius 3 is 2.07 bits per heavy atom. The summed E-state index contributed by atoms with van der Waals surface area (Å²) in [6.07, 6.45) is 1.45. The van der Waals surface area contributed by atoms with Crippen molar-refractivity contribution >= 4 is 11.9 Å². The Kier molecular flexibility index (Phi) is 4.91. The monoisotopic (exact) mass is 200 g/mol. The molecule has 0 aromatic heterocycles. The van der Waals surface area contributed by atoms with Crippen LogP contribution in [0.2, 0.25) is 0 Å². The molecule has 2 atom stereocenters. The van der Waals surface area contributed by atoms with Crippen LogP contribution in [0.1, 0.15) is 27.2 Å². The van der Waals surface area contributed by atoms with Gasteiger partial charge in [-0.1, -0.05) is 18.6 Å². The van der Waals surface area contributed by atoms with Crippen molar-refractivity contribution in [2.24, 2.45) is 11.8 Å². The fourth-order valence-electron chi connectivity index (χ4n) is 1.33. The third-order valence-electron chi connectivity index (χ3n) is 1.94. The normalized spacial score (nSPS) is 14.2. The Bertz CT molecular complexity index is 251. The number of carboxylic acids is 2. The lowest BCUT2D eigenvalue weighted by molar-refractivity contribution is -0.149. The maximum Gasteiger partial charge on any atom is 0.307 e. The molecule has 0 rings (SSSR count). The molecule has 0 bridgehead atoms. The zero-order valence-corrected chi connectivity index (χ0v) is 8.65. The molecular weight excluding hydrogens is 184 g/mol. The number of rotatable bonds is 5. The Hall–Kier alpha value is -1.32. The van der Waals surface area contributed by atoms with Crippen LogP contribution in [0, 0.1) is 11.8 Å². The van der Waals surface area contributed by atoms with Crippen molar-refractivity contribution in [2.45, 2.75) is 27.2 Å². The summed E-state index contributed by atoms with van der Waals surface area (Å²) in [5.41, 5.74) is 0.995. The van der Waals surface area contributed by atoms with Crippen LogP contribution >= 0.6 is 0 Å². The highest BCUT2D eigenvalue weighted by Gasteiger charge is 2.25. The maximum atomic E-state index is 10.8. The molecule has 0 aromatic carbocycles. The van der Waals surface area contributed by atoms with Gasteiger partial charge in [-0.3, -0.25) is 9.59 Å². The van der Waals surface area contributed by atoms with Gasteiger partial charge in [0.15, 0.2) is 0 Å². The van der Waals surface area contributed by atoms with Crippen molar-refractivity contribution in [2.75, 3.05) is 0 Å². The molecule has 0 aliphatic carbocycles. The van der Waals surface area contributed by atoms with Crippen LogP contribution in [-0.4, -0.2) is 22.2 Å². The van der Waals surface area contributed by atoms with E-state index in [2.05, 4.69) is 0 Å². The highest BCUT2D eigenvalue weighted by atomic mass is 16.4. The molecule has 80 valence electrons. The van der Waals surface area contributed by atoms with Crippen molar-refractivity contribution in [3.8, 4) is 0 Å². The molecule has 0 aromatic rings. The van der Waals surface area contributed by atoms with Crippen molar-refractivity contribution in [3.05, 3.63) is 11.6 Å². The zero-order chi connectivity index (χ0) is 11.3. The minimum absolute atomic E-state index is 0.256. The van der Waals surface area contributed by atoms with Crippen LogP contribution in [0.4, 0.5) is 0 Å². The maximum absolute atomic E-state index is 10.8. The first kappa shape index (κ1) is 12.7. The molecule has 0 radical (unpaired) electrons. The number of carbonyl (C=O) groups is 2. The first-order valence-corrected chi connectivity index (χ1v) is 4.44. The third-order valence-corrected chi connectivity index (χ3v) is 1.94. The largest absolute Gasteiger partial charge is 0.481 e. The van der Waals surface area contributed by atoms with E-state index in [0.29, 0.717) is 0 Å². The van der Waals surface area contributed by atoms with E-state index in [1.165, 1.54) is 0 Å². The second-order valence-electron chi connectivity index (χ2n) is 3.65. The smallest absolute Gasteiger partial charge is 0.307 e. The van der Waals surface area contributed by atoms with Gasteiger partial charge in [0.05, 0.1) is 12.3 Å². The highest BCUT2D eigenvalue weighted by molar-refractivity contribution is 5.78. The lowest BCUT2D eigenvalue weighted by Crippen LogP contribution is -2.23. The van der Waals surface area contributed by atoms with Crippen molar-refractivity contribution in [1.29, 1.82) is 0 Å². The van der Waals surface area contributed by atoms with E-state index in [4.69, 9.17) is 10.2 Å². The molecule has 0 fully saturated rings. The van der Waals surface area contributed by atoms with E-state index in [-0.39, 0.29) is 12.3 Å². The molecule has 0 saturated heterocycles. The molecule has 2 N–H and O–H groups in total. The fraction of sp³-hybridized carbons (Fsp3) is 0.600. The van der Waals surface area contributed by atoms with Gasteiger partial charge in [-0.2, -0.15) is 0 Å². The number of hydrogen-bond acceptors (Lipinski definition) is 2. The van der Waals surface area contributed by atoms with E-state index < -0.39 is 17.9 Å². The van der Waals surface area contributed by atoms with Gasteiger partial charge in [0.25, 0.3) is 0 Å². The summed E-state index contributed by atoms with van der Waals surface area (Å²) >= 11 is 0. The van der Waals surface area contributed by atoms with Crippen molar-refractivity contribution < 1.29 is 19.8 Å². The summed E-state index contributed by atoms with van der Waals surface area (Å²) in [5, 5.41) is 17.3. The highest BCUT2D eigenvalue weighted by Crippen LogP contribution is 2.19. The van der Waals surface area contributed by atoms with E-state index in [9.17, 15) is 9.59 Å². The first-order valence-electron chi connectivity index (χ1n) is 4.44. The van der Waals surface area contributed by atoms with Crippen LogP contribution in [0.5, 0.6) is 0 Å². The summed E-state index contributed by atoms with van der Waals surface area (Å²) in [5.74, 6) is -3.24. The molecule has 14 heavy (non-hydrogen) atoms. The molecule has 0 amide bonds. The van der Waals surface area contributed by atoms with Gasteiger partial charge in [0, 0.05) is 0 Å². The fourth-order valence-corrected chi connectivity index (χ4v) is 1.33. The summed E-state index contributed by atoms with van der Waals surface area (Å²) in [7, 11) is 0. The minimum Gasteiger partial charge on any atom is -0.481 e. The van der Waals surface area contributed by atoms with Gasteiger partial charge in [-0.05, 0) is 19.8 Å². The molecule has 4 nitrogen and oxygen atoms in total. The Labute approximate surface area is 83.2 Å². The molecule has 0 aliphatic rings. The average Bonchev–Trinajstić information content (AvgIpc) is 1.97.